The number of halogens is 1. The minimum absolute atomic E-state index is 0.0680. The number of hydrogen-bond acceptors (Lipinski definition) is 5. The fourth-order valence-electron chi connectivity index (χ4n) is 4.24. The quantitative estimate of drug-likeness (QED) is 0.380. The number of fused-ring (bicyclic) bond motifs is 1. The molecule has 4 rings (SSSR count). The molecule has 31 heavy (non-hydrogen) atoms. The van der Waals surface area contributed by atoms with E-state index in [0.717, 1.165) is 29.7 Å². The molecular formula is C24H23ClN2O4. The molecule has 3 aromatic rings. The molecule has 7 heteroatoms. The lowest BCUT2D eigenvalue weighted by atomic mass is 9.87. The van der Waals surface area contributed by atoms with E-state index in [9.17, 15) is 10.1 Å². The van der Waals surface area contributed by atoms with Gasteiger partial charge in [0.1, 0.15) is 0 Å². The first-order valence-electron chi connectivity index (χ1n) is 9.98. The van der Waals surface area contributed by atoms with Gasteiger partial charge < -0.3 is 9.47 Å². The van der Waals surface area contributed by atoms with Gasteiger partial charge in [-0.1, -0.05) is 35.9 Å². The molecule has 1 aliphatic rings. The first kappa shape index (κ1) is 21.2. The lowest BCUT2D eigenvalue weighted by Crippen LogP contribution is -2.35. The number of non-ortho nitro benzene ring substituents is 1. The monoisotopic (exact) mass is 438 g/mol. The van der Waals surface area contributed by atoms with Crippen LogP contribution in [0.15, 0.2) is 60.7 Å². The highest BCUT2D eigenvalue weighted by Gasteiger charge is 2.30. The summed E-state index contributed by atoms with van der Waals surface area (Å²) in [6, 6.07) is 18.6. The molecule has 0 aromatic heterocycles. The van der Waals surface area contributed by atoms with Gasteiger partial charge in [0.15, 0.2) is 11.5 Å². The van der Waals surface area contributed by atoms with Gasteiger partial charge in [-0.3, -0.25) is 15.0 Å². The fraction of sp³-hybridized carbons (Fsp3) is 0.250. The fourth-order valence-corrected chi connectivity index (χ4v) is 4.44. The Labute approximate surface area is 186 Å². The number of nitrogens with zero attached hydrogens (tertiary/aromatic N) is 2. The van der Waals surface area contributed by atoms with Crippen LogP contribution in [0.1, 0.15) is 28.3 Å². The van der Waals surface area contributed by atoms with Crippen LogP contribution in [0.5, 0.6) is 11.5 Å². The molecule has 0 fully saturated rings. The second-order valence-corrected chi connectivity index (χ2v) is 7.95. The average Bonchev–Trinajstić information content (AvgIpc) is 2.78. The van der Waals surface area contributed by atoms with Crippen LogP contribution in [0.4, 0.5) is 5.69 Å². The third-order valence-corrected chi connectivity index (χ3v) is 5.88. The minimum atomic E-state index is -0.361. The van der Waals surface area contributed by atoms with E-state index < -0.39 is 0 Å². The van der Waals surface area contributed by atoms with Crippen molar-refractivity contribution < 1.29 is 14.4 Å². The smallest absolute Gasteiger partial charge is 0.269 e. The molecule has 160 valence electrons. The second-order valence-electron chi connectivity index (χ2n) is 7.51. The number of benzene rings is 3. The van der Waals surface area contributed by atoms with Crippen molar-refractivity contribution in [2.45, 2.75) is 19.0 Å². The minimum Gasteiger partial charge on any atom is -0.493 e. The van der Waals surface area contributed by atoms with E-state index in [0.29, 0.717) is 23.1 Å². The highest BCUT2D eigenvalue weighted by atomic mass is 35.5. The Morgan fingerprint density at radius 3 is 2.52 bits per heavy atom. The van der Waals surface area contributed by atoms with Gasteiger partial charge in [0, 0.05) is 30.2 Å². The molecular weight excluding hydrogens is 416 g/mol. The van der Waals surface area contributed by atoms with Crippen molar-refractivity contribution in [2.75, 3.05) is 20.8 Å². The zero-order chi connectivity index (χ0) is 22.0. The zero-order valence-electron chi connectivity index (χ0n) is 17.4. The van der Waals surface area contributed by atoms with Gasteiger partial charge in [0.2, 0.25) is 0 Å². The summed E-state index contributed by atoms with van der Waals surface area (Å²) in [6.45, 7) is 1.37. The van der Waals surface area contributed by atoms with Gasteiger partial charge in [-0.2, -0.15) is 0 Å². The Morgan fingerprint density at radius 1 is 1.06 bits per heavy atom. The Balaban J connectivity index is 1.79. The van der Waals surface area contributed by atoms with E-state index in [-0.39, 0.29) is 16.7 Å². The summed E-state index contributed by atoms with van der Waals surface area (Å²) in [5, 5.41) is 11.9. The topological polar surface area (TPSA) is 64.8 Å². The van der Waals surface area contributed by atoms with E-state index in [4.69, 9.17) is 21.1 Å². The van der Waals surface area contributed by atoms with Crippen LogP contribution in [-0.2, 0) is 13.0 Å². The van der Waals surface area contributed by atoms with E-state index in [1.165, 1.54) is 11.6 Å². The molecule has 3 aromatic carbocycles. The largest absolute Gasteiger partial charge is 0.493 e. The molecule has 0 spiro atoms. The third kappa shape index (κ3) is 4.36. The van der Waals surface area contributed by atoms with Crippen molar-refractivity contribution in [1.29, 1.82) is 0 Å². The molecule has 0 saturated carbocycles. The highest BCUT2D eigenvalue weighted by molar-refractivity contribution is 6.30. The molecule has 1 unspecified atom stereocenters. The number of hydrogen-bond donors (Lipinski definition) is 0. The summed E-state index contributed by atoms with van der Waals surface area (Å²) in [6.07, 6.45) is 0.835. The molecule has 6 nitrogen and oxygen atoms in total. The van der Waals surface area contributed by atoms with Crippen LogP contribution in [0, 0.1) is 10.1 Å². The van der Waals surface area contributed by atoms with Crippen LogP contribution in [-0.4, -0.2) is 30.6 Å². The molecule has 1 heterocycles. The highest BCUT2D eigenvalue weighted by Crippen LogP contribution is 2.42. The van der Waals surface area contributed by atoms with Crippen molar-refractivity contribution in [1.82, 2.24) is 4.90 Å². The molecule has 1 aliphatic heterocycles. The van der Waals surface area contributed by atoms with Crippen molar-refractivity contribution in [3.63, 3.8) is 0 Å². The van der Waals surface area contributed by atoms with Crippen molar-refractivity contribution >= 4 is 17.3 Å². The van der Waals surface area contributed by atoms with Crippen LogP contribution in [0.25, 0.3) is 0 Å². The van der Waals surface area contributed by atoms with Gasteiger partial charge in [-0.25, -0.2) is 0 Å². The normalized spacial score (nSPS) is 15.9. The number of ether oxygens (including phenoxy) is 2. The standard InChI is InChI=1S/C24H23ClN2O4/c1-30-22-13-17-9-10-26(15-16-5-3-8-20(11-16)27(28)29)24(21(17)14-23(22)31-2)18-6-4-7-19(25)12-18/h3-8,11-14,24H,9-10,15H2,1-2H3. The number of methoxy groups -OCH3 is 2. The predicted octanol–water partition coefficient (Wildman–Crippen LogP) is 5.41. The maximum Gasteiger partial charge on any atom is 0.269 e. The molecule has 0 bridgehead atoms. The number of nitro groups is 1. The van der Waals surface area contributed by atoms with E-state index >= 15 is 0 Å². The number of rotatable bonds is 6. The summed E-state index contributed by atoms with van der Waals surface area (Å²) >= 11 is 6.32. The lowest BCUT2D eigenvalue weighted by molar-refractivity contribution is -0.384. The van der Waals surface area contributed by atoms with Gasteiger partial charge in [-0.05, 0) is 52.9 Å². The Hall–Kier alpha value is -3.09. The van der Waals surface area contributed by atoms with Crippen LogP contribution < -0.4 is 9.47 Å². The predicted molar refractivity (Wildman–Crippen MR) is 120 cm³/mol. The third-order valence-electron chi connectivity index (χ3n) is 5.64. The second kappa shape index (κ2) is 8.96. The zero-order valence-corrected chi connectivity index (χ0v) is 18.1. The lowest BCUT2D eigenvalue weighted by Gasteiger charge is -2.38. The maximum atomic E-state index is 11.2. The molecule has 0 radical (unpaired) electrons. The summed E-state index contributed by atoms with van der Waals surface area (Å²) in [7, 11) is 3.26. The molecule has 0 aliphatic carbocycles. The first-order chi connectivity index (χ1) is 15.0. The maximum absolute atomic E-state index is 11.2. The van der Waals surface area contributed by atoms with Gasteiger partial charge >= 0.3 is 0 Å². The molecule has 0 amide bonds. The molecule has 0 saturated heterocycles. The Bertz CT molecular complexity index is 1120. The number of nitro benzene ring substituents is 1. The summed E-state index contributed by atoms with van der Waals surface area (Å²) < 4.78 is 11.1. The van der Waals surface area contributed by atoms with Crippen LogP contribution >= 0.6 is 11.6 Å². The van der Waals surface area contributed by atoms with Crippen LogP contribution in [0.3, 0.4) is 0 Å². The van der Waals surface area contributed by atoms with Gasteiger partial charge in [0.05, 0.1) is 25.2 Å². The Kier molecular flexibility index (Phi) is 6.11. The molecule has 1 atom stereocenters. The summed E-state index contributed by atoms with van der Waals surface area (Å²) in [5.74, 6) is 1.38. The summed E-state index contributed by atoms with van der Waals surface area (Å²) in [5.41, 5.74) is 4.37. The van der Waals surface area contributed by atoms with Gasteiger partial charge in [-0.15, -0.1) is 0 Å². The van der Waals surface area contributed by atoms with E-state index in [1.54, 1.807) is 26.4 Å². The Morgan fingerprint density at radius 2 is 1.81 bits per heavy atom. The van der Waals surface area contributed by atoms with Crippen LogP contribution in [0.2, 0.25) is 5.02 Å². The SMILES string of the molecule is COc1cc2c(cc1OC)C(c1cccc(Cl)c1)N(Cc1cccc([N+](=O)[O-])c1)CC2. The molecule has 0 N–H and O–H groups in total. The van der Waals surface area contributed by atoms with Crippen molar-refractivity contribution in [2.24, 2.45) is 0 Å². The van der Waals surface area contributed by atoms with E-state index in [2.05, 4.69) is 11.0 Å². The van der Waals surface area contributed by atoms with Crippen molar-refractivity contribution in [3.8, 4) is 11.5 Å². The van der Waals surface area contributed by atoms with Crippen molar-refractivity contribution in [3.05, 3.63) is 98.1 Å². The van der Waals surface area contributed by atoms with E-state index in [1.807, 2.05) is 36.4 Å². The summed E-state index contributed by atoms with van der Waals surface area (Å²) in [4.78, 5) is 13.2. The first-order valence-corrected chi connectivity index (χ1v) is 10.4. The average molecular weight is 439 g/mol. The van der Waals surface area contributed by atoms with Gasteiger partial charge in [0.25, 0.3) is 5.69 Å².